The molecule has 0 aromatic heterocycles. The molecule has 2 fully saturated rings. The van der Waals surface area contributed by atoms with Crippen LogP contribution in [0.1, 0.15) is 83.9 Å². The number of methoxy groups -OCH3 is 1. The molecule has 0 radical (unpaired) electrons. The van der Waals surface area contributed by atoms with Crippen molar-refractivity contribution in [1.82, 2.24) is 5.32 Å². The normalized spacial score (nSPS) is 34.4. The molecule has 2 heterocycles. The fraction of sp³-hybridized carbons (Fsp3) is 0.525. The predicted octanol–water partition coefficient (Wildman–Crippen LogP) is 0.345. The molecule has 4 unspecified atom stereocenters. The number of hydrogen-bond acceptors (Lipinski definition) is 17. The summed E-state index contributed by atoms with van der Waals surface area (Å²) in [6, 6.07) is 9.28. The Bertz CT molecular complexity index is 2030. The monoisotopic (exact) mass is 925 g/mol. The first kappa shape index (κ1) is 42.9. The van der Waals surface area contributed by atoms with Crippen molar-refractivity contribution < 1.29 is 79.5 Å². The average molecular weight is 926 g/mol. The smallest absolute Gasteiger partial charge is 0.229 e. The molecule has 0 spiro atoms. The van der Waals surface area contributed by atoms with Crippen molar-refractivity contribution in [3.05, 3.63) is 78.9 Å². The quantitative estimate of drug-likeness (QED) is 0.0967. The number of phenolic OH excluding ortho intramolecular Hbond substituents is 2. The van der Waals surface area contributed by atoms with E-state index in [0.29, 0.717) is 9.32 Å². The Kier molecular flexibility index (Phi) is 12.3. The maximum Gasteiger partial charge on any atom is 0.229 e. The largest absolute Gasteiger partial charge is 0.507 e. The molecule has 316 valence electrons. The summed E-state index contributed by atoms with van der Waals surface area (Å²) < 4.78 is 29.8. The fourth-order valence-corrected chi connectivity index (χ4v) is 9.16. The molecule has 13 atom stereocenters. The molecule has 2 aliphatic heterocycles. The molecular weight excluding hydrogens is 877 g/mol. The van der Waals surface area contributed by atoms with E-state index >= 15 is 0 Å². The van der Waals surface area contributed by atoms with E-state index in [1.165, 1.54) is 14.0 Å². The Morgan fingerprint density at radius 2 is 1.64 bits per heavy atom. The third-order valence-corrected chi connectivity index (χ3v) is 12.6. The number of Topliss-reactive ketones (excluding diaryl/α,β-unsaturated/α-hetero) is 1. The minimum Gasteiger partial charge on any atom is -0.507 e. The third kappa shape index (κ3) is 7.56. The fourth-order valence-electron chi connectivity index (χ4n) is 8.45. The molecule has 2 saturated heterocycles. The summed E-state index contributed by atoms with van der Waals surface area (Å²) in [6.07, 6.45) is -15.0. The van der Waals surface area contributed by atoms with Crippen molar-refractivity contribution in [1.29, 1.82) is 0 Å². The van der Waals surface area contributed by atoms with Crippen molar-refractivity contribution >= 4 is 28.4 Å². The number of fused-ring (bicyclic) bond motifs is 3. The molecule has 3 aromatic carbocycles. The number of benzene rings is 3. The zero-order valence-corrected chi connectivity index (χ0v) is 33.9. The highest BCUT2D eigenvalue weighted by Gasteiger charge is 2.50. The van der Waals surface area contributed by atoms with Crippen LogP contribution in [-0.2, 0) is 32.0 Å². The summed E-state index contributed by atoms with van der Waals surface area (Å²) >= 11 is 2.02. The first-order valence-corrected chi connectivity index (χ1v) is 19.9. The minimum absolute atomic E-state index is 0.0132. The van der Waals surface area contributed by atoms with Gasteiger partial charge in [-0.05, 0) is 65.8 Å². The van der Waals surface area contributed by atoms with Gasteiger partial charge in [0.1, 0.15) is 65.2 Å². The van der Waals surface area contributed by atoms with Gasteiger partial charge in [0, 0.05) is 59.7 Å². The van der Waals surface area contributed by atoms with Gasteiger partial charge in [-0.15, -0.1) is 0 Å². The highest BCUT2D eigenvalue weighted by molar-refractivity contribution is 14.1. The molecule has 11 N–H and O–H groups in total. The van der Waals surface area contributed by atoms with E-state index in [2.05, 4.69) is 5.32 Å². The maximum atomic E-state index is 12.9. The van der Waals surface area contributed by atoms with Crippen LogP contribution >= 0.6 is 22.6 Å². The van der Waals surface area contributed by atoms with E-state index in [1.807, 2.05) is 22.6 Å². The van der Waals surface area contributed by atoms with Gasteiger partial charge in [-0.1, -0.05) is 18.2 Å². The van der Waals surface area contributed by atoms with E-state index in [-0.39, 0.29) is 58.5 Å². The van der Waals surface area contributed by atoms with Crippen LogP contribution in [0.2, 0.25) is 0 Å². The Hall–Kier alpha value is -3.22. The van der Waals surface area contributed by atoms with Crippen LogP contribution < -0.4 is 14.8 Å². The molecule has 0 saturated carbocycles. The lowest BCUT2D eigenvalue weighted by Gasteiger charge is -2.43. The van der Waals surface area contributed by atoms with E-state index in [4.69, 9.17) is 23.7 Å². The summed E-state index contributed by atoms with van der Waals surface area (Å²) in [7, 11) is 1.40. The lowest BCUT2D eigenvalue weighted by Crippen LogP contribution is -2.60. The molecule has 0 amide bonds. The average Bonchev–Trinajstić information content (AvgIpc) is 3.19. The number of ether oxygens (including phenoxy) is 5. The second-order valence-corrected chi connectivity index (χ2v) is 16.5. The molecular formula is C40H48INO16. The first-order valence-electron chi connectivity index (χ1n) is 18.8. The summed E-state index contributed by atoms with van der Waals surface area (Å²) in [5, 5.41) is 113. The van der Waals surface area contributed by atoms with Crippen LogP contribution in [-0.4, -0.2) is 131 Å². The Morgan fingerprint density at radius 3 is 2.31 bits per heavy atom. The zero-order valence-electron chi connectivity index (χ0n) is 31.7. The van der Waals surface area contributed by atoms with Gasteiger partial charge in [0.15, 0.2) is 12.1 Å². The van der Waals surface area contributed by atoms with Crippen molar-refractivity contribution in [3.8, 4) is 23.0 Å². The summed E-state index contributed by atoms with van der Waals surface area (Å²) in [4.78, 5) is 12.9. The number of nitrogens with one attached hydrogen (secondary N) is 1. The number of aliphatic hydroxyl groups excluding tert-OH is 7. The number of halogens is 1. The molecule has 58 heavy (non-hydrogen) atoms. The number of phenols is 2. The Labute approximate surface area is 346 Å². The molecule has 0 bridgehead atoms. The second kappa shape index (κ2) is 16.7. The SMILES string of the molecule is COc1cccc2c1C(O)c1c(O)c3c(c(O)c1C2O)C[C@@](O)(C(C)=O)C[C@@H]3OC1C[C@H](NCc2ccc(OC3O[C@@H](CO)[C@@H](O)[C@H](O)[C@H]3O)c(I)c2)[C@H](O)[C@H](C)O1. The van der Waals surface area contributed by atoms with E-state index < -0.39 is 109 Å². The molecule has 7 rings (SSSR count). The van der Waals surface area contributed by atoms with Crippen LogP contribution in [0.3, 0.4) is 0 Å². The topological polar surface area (TPSA) is 278 Å². The number of carbonyl (C=O) groups excluding carboxylic acids is 1. The van der Waals surface area contributed by atoms with Gasteiger partial charge in [-0.2, -0.15) is 0 Å². The van der Waals surface area contributed by atoms with E-state index in [0.717, 1.165) is 5.56 Å². The maximum absolute atomic E-state index is 12.9. The highest BCUT2D eigenvalue weighted by atomic mass is 127. The van der Waals surface area contributed by atoms with Gasteiger partial charge in [-0.3, -0.25) is 4.79 Å². The number of ketones is 1. The van der Waals surface area contributed by atoms with Crippen molar-refractivity contribution in [3.63, 3.8) is 0 Å². The second-order valence-electron chi connectivity index (χ2n) is 15.3. The summed E-state index contributed by atoms with van der Waals surface area (Å²) in [5.74, 6) is -1.07. The lowest BCUT2D eigenvalue weighted by atomic mass is 9.71. The number of aliphatic hydroxyl groups is 8. The molecule has 18 heteroatoms. The predicted molar refractivity (Wildman–Crippen MR) is 208 cm³/mol. The highest BCUT2D eigenvalue weighted by Crippen LogP contribution is 2.57. The van der Waals surface area contributed by atoms with E-state index in [1.54, 1.807) is 43.3 Å². The first-order chi connectivity index (χ1) is 27.5. The molecule has 3 aromatic rings. The number of hydrogen-bond donors (Lipinski definition) is 11. The third-order valence-electron chi connectivity index (χ3n) is 11.7. The van der Waals surface area contributed by atoms with E-state index in [9.17, 15) is 55.9 Å². The number of aromatic hydroxyl groups is 2. The van der Waals surface area contributed by atoms with Gasteiger partial charge < -0.3 is 80.1 Å². The van der Waals surface area contributed by atoms with Gasteiger partial charge in [0.25, 0.3) is 0 Å². The number of carbonyl (C=O) groups is 1. The number of rotatable bonds is 10. The molecule has 17 nitrogen and oxygen atoms in total. The standard InChI is InChI=1S/C40H48INO16/c1-15-31(45)21(42-13-17-7-8-22(20(41)9-17)57-39-38(52)37(51)34(48)25(14-43)58-39)10-26(55-15)56-24-12-40(53,16(2)44)11-19-28(24)36(50)30-29(33(19)47)32(46)18-5-4-6-23(54-3)27(18)35(30)49/h4-9,15,21,24-26,31-32,34-35,37-39,42-43,45-53H,10-14H2,1-3H3/t15-,21-,24-,25-,26?,31+,32?,34+,35?,37-,38+,39?,40-/m0/s1. The summed E-state index contributed by atoms with van der Waals surface area (Å²) in [5.41, 5.74) is -1.19. The van der Waals surface area contributed by atoms with Crippen molar-refractivity contribution in [2.45, 2.75) is 119 Å². The van der Waals surface area contributed by atoms with Gasteiger partial charge in [0.2, 0.25) is 6.29 Å². The van der Waals surface area contributed by atoms with Crippen molar-refractivity contribution in [2.75, 3.05) is 13.7 Å². The van der Waals surface area contributed by atoms with Crippen LogP contribution in [0.25, 0.3) is 0 Å². The Balaban J connectivity index is 1.11. The molecule has 2 aliphatic carbocycles. The van der Waals surface area contributed by atoms with Gasteiger partial charge in [-0.25, -0.2) is 0 Å². The van der Waals surface area contributed by atoms with Crippen LogP contribution in [0.5, 0.6) is 23.0 Å². The minimum atomic E-state index is -2.04. The lowest BCUT2D eigenvalue weighted by molar-refractivity contribution is -0.277. The van der Waals surface area contributed by atoms with Crippen LogP contribution in [0.15, 0.2) is 36.4 Å². The summed E-state index contributed by atoms with van der Waals surface area (Å²) in [6.45, 7) is 2.49. The van der Waals surface area contributed by atoms with Gasteiger partial charge in [0.05, 0.1) is 35.6 Å². The van der Waals surface area contributed by atoms with Crippen molar-refractivity contribution in [2.24, 2.45) is 0 Å². The Morgan fingerprint density at radius 1 is 0.914 bits per heavy atom. The van der Waals surface area contributed by atoms with Crippen LogP contribution in [0, 0.1) is 3.57 Å². The zero-order chi connectivity index (χ0) is 42.0. The molecule has 4 aliphatic rings. The van der Waals surface area contributed by atoms with Gasteiger partial charge >= 0.3 is 0 Å². The van der Waals surface area contributed by atoms with Crippen LogP contribution in [0.4, 0.5) is 0 Å².